The highest BCUT2D eigenvalue weighted by atomic mass is 127. The Morgan fingerprint density at radius 1 is 1.21 bits per heavy atom. The number of piperazine rings is 1. The van der Waals surface area contributed by atoms with Crippen molar-refractivity contribution in [3.05, 3.63) is 21.4 Å². The predicted octanol–water partition coefficient (Wildman–Crippen LogP) is 2.68. The minimum atomic E-state index is -4.11. The lowest BCUT2D eigenvalue weighted by Gasteiger charge is -2.35. The molecule has 0 aromatic carbocycles. The number of rotatable bonds is 2. The van der Waals surface area contributed by atoms with Crippen LogP contribution in [0.1, 0.15) is 5.69 Å². The molecule has 0 spiro atoms. The van der Waals surface area contributed by atoms with E-state index in [0.717, 1.165) is 15.1 Å². The first-order valence-electron chi connectivity index (χ1n) is 6.02. The van der Waals surface area contributed by atoms with Gasteiger partial charge in [0.2, 0.25) is 0 Å². The van der Waals surface area contributed by atoms with Gasteiger partial charge >= 0.3 is 6.18 Å². The Kier molecular flexibility index (Phi) is 4.54. The minimum absolute atomic E-state index is 0.423. The van der Waals surface area contributed by atoms with Gasteiger partial charge in [0.15, 0.2) is 0 Å². The van der Waals surface area contributed by atoms with Gasteiger partial charge in [0.05, 0.1) is 12.2 Å². The molecule has 1 aliphatic rings. The molecule has 0 radical (unpaired) electrons. The van der Waals surface area contributed by atoms with Crippen LogP contribution < -0.4 is 4.90 Å². The molecule has 1 aromatic rings. The van der Waals surface area contributed by atoms with E-state index in [2.05, 4.69) is 27.6 Å². The zero-order chi connectivity index (χ0) is 14.0. The third-order valence-corrected chi connectivity index (χ3v) is 4.25. The number of anilines is 1. The molecule has 0 amide bonds. The van der Waals surface area contributed by atoms with Gasteiger partial charge in [-0.3, -0.25) is 4.90 Å². The molecule has 1 saturated heterocycles. The fourth-order valence-corrected chi connectivity index (χ4v) is 2.40. The maximum atomic E-state index is 12.3. The molecule has 1 aliphatic heterocycles. The van der Waals surface area contributed by atoms with Gasteiger partial charge in [0.1, 0.15) is 5.82 Å². The van der Waals surface area contributed by atoms with Crippen LogP contribution in [0, 0.1) is 10.5 Å². The first-order valence-corrected chi connectivity index (χ1v) is 7.10. The Hall–Kier alpha value is -0.570. The van der Waals surface area contributed by atoms with Crippen LogP contribution in [0.2, 0.25) is 0 Å². The molecule has 1 aromatic heterocycles. The lowest BCUT2D eigenvalue weighted by atomic mass is 10.3. The standard InChI is InChI=1S/C12H15F3IN3/c1-9-10(16)2-3-11(17-9)19-6-4-18(5-7-19)8-12(13,14)15/h2-3H,4-8H2,1H3. The summed E-state index contributed by atoms with van der Waals surface area (Å²) >= 11 is 2.22. The maximum Gasteiger partial charge on any atom is 0.401 e. The van der Waals surface area contributed by atoms with Gasteiger partial charge in [-0.2, -0.15) is 13.2 Å². The summed E-state index contributed by atoms with van der Waals surface area (Å²) in [5.74, 6) is 0.851. The molecule has 2 heterocycles. The molecule has 0 N–H and O–H groups in total. The molecule has 19 heavy (non-hydrogen) atoms. The van der Waals surface area contributed by atoms with Gasteiger partial charge in [0, 0.05) is 29.7 Å². The second-order valence-electron chi connectivity index (χ2n) is 4.62. The summed E-state index contributed by atoms with van der Waals surface area (Å²) < 4.78 is 38.0. The maximum absolute atomic E-state index is 12.3. The molecule has 0 bridgehead atoms. The first kappa shape index (κ1) is 14.8. The van der Waals surface area contributed by atoms with Crippen LogP contribution in [-0.4, -0.2) is 48.8 Å². The predicted molar refractivity (Wildman–Crippen MR) is 76.4 cm³/mol. The Morgan fingerprint density at radius 2 is 1.84 bits per heavy atom. The van der Waals surface area contributed by atoms with E-state index >= 15 is 0 Å². The van der Waals surface area contributed by atoms with Gasteiger partial charge in [-0.25, -0.2) is 4.98 Å². The molecule has 1 fully saturated rings. The van der Waals surface area contributed by atoms with E-state index in [4.69, 9.17) is 0 Å². The van der Waals surface area contributed by atoms with Crippen LogP contribution in [-0.2, 0) is 0 Å². The molecule has 0 saturated carbocycles. The lowest BCUT2D eigenvalue weighted by molar-refractivity contribution is -0.146. The topological polar surface area (TPSA) is 19.4 Å². The largest absolute Gasteiger partial charge is 0.401 e. The van der Waals surface area contributed by atoms with Crippen molar-refractivity contribution in [2.75, 3.05) is 37.6 Å². The van der Waals surface area contributed by atoms with Crippen LogP contribution in [0.5, 0.6) is 0 Å². The van der Waals surface area contributed by atoms with Crippen molar-refractivity contribution in [2.24, 2.45) is 0 Å². The molecule has 0 aliphatic carbocycles. The number of aryl methyl sites for hydroxylation is 1. The normalized spacial score (nSPS) is 17.8. The summed E-state index contributed by atoms with van der Waals surface area (Å²) in [6.07, 6.45) is -4.11. The van der Waals surface area contributed by atoms with Crippen molar-refractivity contribution >= 4 is 28.4 Å². The summed E-state index contributed by atoms with van der Waals surface area (Å²) in [4.78, 5) is 7.95. The number of hydrogen-bond acceptors (Lipinski definition) is 3. The smallest absolute Gasteiger partial charge is 0.354 e. The highest BCUT2D eigenvalue weighted by Crippen LogP contribution is 2.20. The zero-order valence-electron chi connectivity index (χ0n) is 10.5. The van der Waals surface area contributed by atoms with E-state index in [-0.39, 0.29) is 0 Å². The van der Waals surface area contributed by atoms with E-state index in [9.17, 15) is 13.2 Å². The molecule has 7 heteroatoms. The average Bonchev–Trinajstić information content (AvgIpc) is 2.32. The van der Waals surface area contributed by atoms with Gasteiger partial charge in [-0.1, -0.05) is 0 Å². The second kappa shape index (κ2) is 5.82. The first-order chi connectivity index (χ1) is 8.85. The summed E-state index contributed by atoms with van der Waals surface area (Å²) in [6, 6.07) is 3.91. The highest BCUT2D eigenvalue weighted by molar-refractivity contribution is 14.1. The summed E-state index contributed by atoms with van der Waals surface area (Å²) in [7, 11) is 0. The third kappa shape index (κ3) is 4.20. The van der Waals surface area contributed by atoms with Crippen molar-refractivity contribution in [2.45, 2.75) is 13.1 Å². The molecular weight excluding hydrogens is 370 g/mol. The lowest BCUT2D eigenvalue weighted by Crippen LogP contribution is -2.49. The van der Waals surface area contributed by atoms with Crippen LogP contribution in [0.3, 0.4) is 0 Å². The van der Waals surface area contributed by atoms with Crippen molar-refractivity contribution in [1.29, 1.82) is 0 Å². The van der Waals surface area contributed by atoms with Crippen molar-refractivity contribution in [3.63, 3.8) is 0 Å². The number of halogens is 4. The van der Waals surface area contributed by atoms with Gasteiger partial charge in [0.25, 0.3) is 0 Å². The average molecular weight is 385 g/mol. The molecule has 0 unspecified atom stereocenters. The van der Waals surface area contributed by atoms with Gasteiger partial charge < -0.3 is 4.90 Å². The summed E-state index contributed by atoms with van der Waals surface area (Å²) in [5, 5.41) is 0. The number of nitrogens with zero attached hydrogens (tertiary/aromatic N) is 3. The Balaban J connectivity index is 1.94. The minimum Gasteiger partial charge on any atom is -0.354 e. The summed E-state index contributed by atoms with van der Waals surface area (Å²) in [5.41, 5.74) is 0.954. The monoisotopic (exact) mass is 385 g/mol. The molecule has 0 atom stereocenters. The molecule has 106 valence electrons. The fraction of sp³-hybridized carbons (Fsp3) is 0.583. The van der Waals surface area contributed by atoms with Crippen molar-refractivity contribution in [1.82, 2.24) is 9.88 Å². The Labute approximate surface area is 123 Å². The van der Waals surface area contributed by atoms with E-state index in [1.54, 1.807) is 0 Å². The van der Waals surface area contributed by atoms with Crippen LogP contribution in [0.25, 0.3) is 0 Å². The van der Waals surface area contributed by atoms with E-state index in [1.807, 2.05) is 24.0 Å². The van der Waals surface area contributed by atoms with E-state index in [1.165, 1.54) is 4.90 Å². The van der Waals surface area contributed by atoms with Crippen LogP contribution >= 0.6 is 22.6 Å². The molecule has 2 rings (SSSR count). The van der Waals surface area contributed by atoms with E-state index < -0.39 is 12.7 Å². The zero-order valence-corrected chi connectivity index (χ0v) is 12.7. The molecule has 3 nitrogen and oxygen atoms in total. The van der Waals surface area contributed by atoms with Crippen LogP contribution in [0.15, 0.2) is 12.1 Å². The number of aromatic nitrogens is 1. The van der Waals surface area contributed by atoms with E-state index in [0.29, 0.717) is 26.2 Å². The van der Waals surface area contributed by atoms with Crippen molar-refractivity contribution < 1.29 is 13.2 Å². The second-order valence-corrected chi connectivity index (χ2v) is 5.78. The SMILES string of the molecule is Cc1nc(N2CCN(CC(F)(F)F)CC2)ccc1I. The Bertz CT molecular complexity index is 442. The quantitative estimate of drug-likeness (QED) is 0.730. The Morgan fingerprint density at radius 3 is 2.37 bits per heavy atom. The number of alkyl halides is 3. The number of pyridine rings is 1. The van der Waals surface area contributed by atoms with Crippen molar-refractivity contribution in [3.8, 4) is 0 Å². The van der Waals surface area contributed by atoms with Crippen LogP contribution in [0.4, 0.5) is 19.0 Å². The summed E-state index contributed by atoms with van der Waals surface area (Å²) in [6.45, 7) is 3.13. The third-order valence-electron chi connectivity index (χ3n) is 3.11. The van der Waals surface area contributed by atoms with Gasteiger partial charge in [-0.15, -0.1) is 0 Å². The highest BCUT2D eigenvalue weighted by Gasteiger charge is 2.32. The number of hydrogen-bond donors (Lipinski definition) is 0. The molecular formula is C12H15F3IN3. The fourth-order valence-electron chi connectivity index (χ4n) is 2.10. The van der Waals surface area contributed by atoms with Gasteiger partial charge in [-0.05, 0) is 41.6 Å².